The Morgan fingerprint density at radius 1 is 1.11 bits per heavy atom. The van der Waals surface area contributed by atoms with Gasteiger partial charge in [-0.1, -0.05) is 18.2 Å². The molecule has 1 aromatic carbocycles. The van der Waals surface area contributed by atoms with Crippen molar-refractivity contribution < 1.29 is 19.5 Å². The average molecular weight is 368 g/mol. The van der Waals surface area contributed by atoms with Crippen LogP contribution in [0.5, 0.6) is 0 Å². The SMILES string of the molecule is O=C(Nc1cccc(C(=O)N2CCCCC2C(=O)O)c1)C1CC2C=CC1C2. The first-order chi connectivity index (χ1) is 13.0. The van der Waals surface area contributed by atoms with Gasteiger partial charge in [0.25, 0.3) is 5.91 Å². The van der Waals surface area contributed by atoms with E-state index in [0.29, 0.717) is 36.1 Å². The van der Waals surface area contributed by atoms with Crippen LogP contribution in [0.3, 0.4) is 0 Å². The van der Waals surface area contributed by atoms with Crippen LogP contribution in [-0.4, -0.2) is 40.4 Å². The number of carbonyl (C=O) groups excluding carboxylic acids is 2. The molecule has 142 valence electrons. The summed E-state index contributed by atoms with van der Waals surface area (Å²) in [4.78, 5) is 38.4. The zero-order valence-corrected chi connectivity index (χ0v) is 15.1. The molecule has 1 aliphatic heterocycles. The fraction of sp³-hybridized carbons (Fsp3) is 0.476. The number of fused-ring (bicyclic) bond motifs is 2. The molecule has 0 spiro atoms. The average Bonchev–Trinajstić information content (AvgIpc) is 3.31. The third-order valence-corrected chi connectivity index (χ3v) is 6.04. The van der Waals surface area contributed by atoms with Gasteiger partial charge in [-0.3, -0.25) is 9.59 Å². The van der Waals surface area contributed by atoms with Crippen molar-refractivity contribution in [3.05, 3.63) is 42.0 Å². The van der Waals surface area contributed by atoms with Crippen molar-refractivity contribution in [3.8, 4) is 0 Å². The number of nitrogens with zero attached hydrogens (tertiary/aromatic N) is 1. The first-order valence-electron chi connectivity index (χ1n) is 9.66. The summed E-state index contributed by atoms with van der Waals surface area (Å²) in [5, 5.41) is 12.3. The van der Waals surface area contributed by atoms with Gasteiger partial charge in [0, 0.05) is 23.7 Å². The molecule has 27 heavy (non-hydrogen) atoms. The van der Waals surface area contributed by atoms with Gasteiger partial charge in [-0.2, -0.15) is 0 Å². The lowest BCUT2D eigenvalue weighted by molar-refractivity contribution is -0.143. The maximum atomic E-state index is 12.9. The second-order valence-electron chi connectivity index (χ2n) is 7.81. The van der Waals surface area contributed by atoms with E-state index in [4.69, 9.17) is 0 Å². The van der Waals surface area contributed by atoms with Crippen LogP contribution in [0.4, 0.5) is 5.69 Å². The van der Waals surface area contributed by atoms with E-state index in [-0.39, 0.29) is 17.7 Å². The highest BCUT2D eigenvalue weighted by atomic mass is 16.4. The van der Waals surface area contributed by atoms with Gasteiger partial charge in [0.15, 0.2) is 0 Å². The van der Waals surface area contributed by atoms with Crippen molar-refractivity contribution in [2.75, 3.05) is 11.9 Å². The third kappa shape index (κ3) is 3.48. The molecule has 6 nitrogen and oxygen atoms in total. The Hall–Kier alpha value is -2.63. The molecule has 1 saturated carbocycles. The third-order valence-electron chi connectivity index (χ3n) is 6.04. The lowest BCUT2D eigenvalue weighted by Gasteiger charge is -2.33. The zero-order valence-electron chi connectivity index (χ0n) is 15.1. The summed E-state index contributed by atoms with van der Waals surface area (Å²) >= 11 is 0. The monoisotopic (exact) mass is 368 g/mol. The van der Waals surface area contributed by atoms with Crippen LogP contribution in [0.1, 0.15) is 42.5 Å². The van der Waals surface area contributed by atoms with E-state index in [1.54, 1.807) is 24.3 Å². The molecule has 4 atom stereocenters. The molecule has 6 heteroatoms. The normalized spacial score (nSPS) is 29.0. The van der Waals surface area contributed by atoms with Crippen molar-refractivity contribution in [3.63, 3.8) is 0 Å². The molecule has 2 fully saturated rings. The number of rotatable bonds is 4. The Morgan fingerprint density at radius 3 is 2.67 bits per heavy atom. The lowest BCUT2D eigenvalue weighted by Crippen LogP contribution is -2.48. The summed E-state index contributed by atoms with van der Waals surface area (Å²) in [6.07, 6.45) is 8.39. The number of allylic oxidation sites excluding steroid dienone is 2. The zero-order chi connectivity index (χ0) is 19.0. The predicted molar refractivity (Wildman–Crippen MR) is 100 cm³/mol. The van der Waals surface area contributed by atoms with Crippen molar-refractivity contribution in [2.45, 2.75) is 38.1 Å². The molecule has 4 unspecified atom stereocenters. The van der Waals surface area contributed by atoms with E-state index < -0.39 is 12.0 Å². The van der Waals surface area contributed by atoms with Gasteiger partial charge in [0.05, 0.1) is 0 Å². The largest absolute Gasteiger partial charge is 0.480 e. The van der Waals surface area contributed by atoms with Crippen molar-refractivity contribution in [1.82, 2.24) is 4.90 Å². The predicted octanol–water partition coefficient (Wildman–Crippen LogP) is 2.92. The summed E-state index contributed by atoms with van der Waals surface area (Å²) in [5.74, 6) is -0.413. The number of piperidine rings is 1. The van der Waals surface area contributed by atoms with E-state index in [9.17, 15) is 19.5 Å². The topological polar surface area (TPSA) is 86.7 Å². The highest BCUT2D eigenvalue weighted by Gasteiger charge is 2.39. The molecule has 2 aliphatic carbocycles. The maximum Gasteiger partial charge on any atom is 0.326 e. The summed E-state index contributed by atoms with van der Waals surface area (Å²) in [5.41, 5.74) is 0.996. The Labute approximate surface area is 158 Å². The van der Waals surface area contributed by atoms with E-state index in [1.165, 1.54) is 4.90 Å². The number of benzene rings is 1. The number of nitrogens with one attached hydrogen (secondary N) is 1. The van der Waals surface area contributed by atoms with Crippen LogP contribution >= 0.6 is 0 Å². The summed E-state index contributed by atoms with van der Waals surface area (Å²) < 4.78 is 0. The number of hydrogen-bond donors (Lipinski definition) is 2. The van der Waals surface area contributed by atoms with Gasteiger partial charge >= 0.3 is 5.97 Å². The van der Waals surface area contributed by atoms with Gasteiger partial charge in [0.2, 0.25) is 5.91 Å². The fourth-order valence-corrected chi connectivity index (χ4v) is 4.64. The number of amides is 2. The van der Waals surface area contributed by atoms with Crippen molar-refractivity contribution in [1.29, 1.82) is 0 Å². The smallest absolute Gasteiger partial charge is 0.326 e. The molecule has 2 amide bonds. The number of carboxylic acid groups (broad SMARTS) is 1. The molecule has 1 saturated heterocycles. The standard InChI is InChI=1S/C21H24N2O4/c24-19(17-11-13-7-8-14(17)10-13)22-16-5-3-4-15(12-16)20(25)23-9-2-1-6-18(23)21(26)27/h3-5,7-8,12-14,17-18H,1-2,6,9-11H2,(H,22,24)(H,26,27). The molecule has 1 heterocycles. The van der Waals surface area contributed by atoms with Gasteiger partial charge in [-0.25, -0.2) is 4.79 Å². The molecule has 1 aromatic rings. The maximum absolute atomic E-state index is 12.9. The van der Waals surface area contributed by atoms with Gasteiger partial charge in [-0.15, -0.1) is 0 Å². The van der Waals surface area contributed by atoms with Gasteiger partial charge in [0.1, 0.15) is 6.04 Å². The van der Waals surface area contributed by atoms with E-state index in [1.807, 2.05) is 0 Å². The lowest BCUT2D eigenvalue weighted by atomic mass is 9.92. The second kappa shape index (κ2) is 7.18. The van der Waals surface area contributed by atoms with Crippen molar-refractivity contribution in [2.24, 2.45) is 17.8 Å². The summed E-state index contributed by atoms with van der Waals surface area (Å²) in [6.45, 7) is 0.448. The molecule has 2 N–H and O–H groups in total. The molecule has 0 radical (unpaired) electrons. The summed E-state index contributed by atoms with van der Waals surface area (Å²) in [6, 6.07) is 6.04. The highest BCUT2D eigenvalue weighted by molar-refractivity contribution is 5.99. The van der Waals surface area contributed by atoms with Gasteiger partial charge in [-0.05, 0) is 62.1 Å². The van der Waals surface area contributed by atoms with Crippen LogP contribution < -0.4 is 5.32 Å². The number of carbonyl (C=O) groups is 3. The molecule has 4 rings (SSSR count). The molecular weight excluding hydrogens is 344 g/mol. The number of anilines is 1. The number of aliphatic carboxylic acids is 1. The van der Waals surface area contributed by atoms with Crippen molar-refractivity contribution >= 4 is 23.5 Å². The highest BCUT2D eigenvalue weighted by Crippen LogP contribution is 2.43. The first-order valence-corrected chi connectivity index (χ1v) is 9.66. The number of hydrogen-bond acceptors (Lipinski definition) is 3. The first kappa shape index (κ1) is 17.8. The minimum atomic E-state index is -0.961. The number of likely N-dealkylation sites (tertiary alicyclic amines) is 1. The fourth-order valence-electron chi connectivity index (χ4n) is 4.64. The Bertz CT molecular complexity index is 803. The number of carboxylic acids is 1. The molecule has 2 bridgehead atoms. The van der Waals surface area contributed by atoms with Crippen LogP contribution in [-0.2, 0) is 9.59 Å². The quantitative estimate of drug-likeness (QED) is 0.800. The molecule has 3 aliphatic rings. The molecular formula is C21H24N2O4. The minimum absolute atomic E-state index is 0.00200. The second-order valence-corrected chi connectivity index (χ2v) is 7.81. The van der Waals surface area contributed by atoms with E-state index in [0.717, 1.165) is 25.7 Å². The van der Waals surface area contributed by atoms with E-state index in [2.05, 4.69) is 17.5 Å². The Morgan fingerprint density at radius 2 is 1.96 bits per heavy atom. The van der Waals surface area contributed by atoms with E-state index >= 15 is 0 Å². The van der Waals surface area contributed by atoms with Crippen LogP contribution in [0.2, 0.25) is 0 Å². The molecule has 0 aromatic heterocycles. The van der Waals surface area contributed by atoms with Crippen LogP contribution in [0.25, 0.3) is 0 Å². The van der Waals surface area contributed by atoms with Gasteiger partial charge < -0.3 is 15.3 Å². The van der Waals surface area contributed by atoms with Crippen LogP contribution in [0.15, 0.2) is 36.4 Å². The van der Waals surface area contributed by atoms with Crippen LogP contribution in [0, 0.1) is 17.8 Å². The Balaban J connectivity index is 1.47. The summed E-state index contributed by atoms with van der Waals surface area (Å²) in [7, 11) is 0. The minimum Gasteiger partial charge on any atom is -0.480 e. The Kier molecular flexibility index (Phi) is 4.72.